The molecule has 0 aromatic heterocycles. The molecule has 1 atom stereocenters. The van der Waals surface area contributed by atoms with E-state index in [1.165, 1.54) is 0 Å². The van der Waals surface area contributed by atoms with E-state index in [1.807, 2.05) is 61.5 Å². The van der Waals surface area contributed by atoms with Crippen LogP contribution in [0, 0.1) is 0 Å². The van der Waals surface area contributed by atoms with Gasteiger partial charge in [0, 0.05) is 17.6 Å². The van der Waals surface area contributed by atoms with Gasteiger partial charge < -0.3 is 10.6 Å². The molecule has 0 unspecified atom stereocenters. The Labute approximate surface area is 130 Å². The highest BCUT2D eigenvalue weighted by Gasteiger charge is 2.07. The fourth-order valence-electron chi connectivity index (χ4n) is 2.00. The van der Waals surface area contributed by atoms with E-state index in [0.717, 1.165) is 11.1 Å². The molecule has 0 aliphatic carbocycles. The maximum atomic E-state index is 11.8. The Bertz CT molecular complexity index is 586. The molecule has 0 radical (unpaired) electrons. The maximum absolute atomic E-state index is 11.8. The van der Waals surface area contributed by atoms with Crippen LogP contribution in [0.2, 0.25) is 5.02 Å². The minimum absolute atomic E-state index is 0.0206. The summed E-state index contributed by atoms with van der Waals surface area (Å²) in [5, 5.41) is 6.78. The molecule has 1 amide bonds. The summed E-state index contributed by atoms with van der Waals surface area (Å²) in [7, 11) is 0. The zero-order chi connectivity index (χ0) is 15.1. The third-order valence-electron chi connectivity index (χ3n) is 3.25. The largest absolute Gasteiger partial charge is 0.351 e. The maximum Gasteiger partial charge on any atom is 0.234 e. The summed E-state index contributed by atoms with van der Waals surface area (Å²) in [4.78, 5) is 11.8. The number of hydrogen-bond donors (Lipinski definition) is 2. The van der Waals surface area contributed by atoms with Crippen molar-refractivity contribution in [2.45, 2.75) is 19.5 Å². The van der Waals surface area contributed by atoms with E-state index in [2.05, 4.69) is 10.6 Å². The van der Waals surface area contributed by atoms with Crippen LogP contribution in [0.4, 0.5) is 0 Å². The zero-order valence-corrected chi connectivity index (χ0v) is 12.7. The molecule has 0 heterocycles. The van der Waals surface area contributed by atoms with E-state index in [9.17, 15) is 4.79 Å². The second-order valence-electron chi connectivity index (χ2n) is 4.92. The van der Waals surface area contributed by atoms with E-state index < -0.39 is 0 Å². The number of carbonyl (C=O) groups is 1. The molecule has 2 aromatic carbocycles. The second kappa shape index (κ2) is 7.81. The average molecular weight is 303 g/mol. The van der Waals surface area contributed by atoms with Crippen LogP contribution < -0.4 is 10.6 Å². The van der Waals surface area contributed by atoms with Gasteiger partial charge in [0.1, 0.15) is 0 Å². The smallest absolute Gasteiger partial charge is 0.234 e. The van der Waals surface area contributed by atoms with Crippen LogP contribution in [0.3, 0.4) is 0 Å². The van der Waals surface area contributed by atoms with Crippen LogP contribution in [0.15, 0.2) is 54.6 Å². The SMILES string of the molecule is C[C@H](NCC(=O)NCc1ccccc1)c1cccc(Cl)c1. The zero-order valence-electron chi connectivity index (χ0n) is 12.0. The fourth-order valence-corrected chi connectivity index (χ4v) is 2.20. The predicted octanol–water partition coefficient (Wildman–Crippen LogP) is 3.31. The molecule has 21 heavy (non-hydrogen) atoms. The van der Waals surface area contributed by atoms with Gasteiger partial charge in [-0.2, -0.15) is 0 Å². The van der Waals surface area contributed by atoms with Gasteiger partial charge in [-0.3, -0.25) is 4.79 Å². The Morgan fingerprint density at radius 2 is 1.90 bits per heavy atom. The van der Waals surface area contributed by atoms with Crippen LogP contribution in [0.5, 0.6) is 0 Å². The Balaban J connectivity index is 1.76. The molecule has 3 nitrogen and oxygen atoms in total. The van der Waals surface area contributed by atoms with Crippen molar-refractivity contribution in [3.05, 3.63) is 70.7 Å². The van der Waals surface area contributed by atoms with Crippen molar-refractivity contribution >= 4 is 17.5 Å². The molecule has 2 aromatic rings. The molecule has 110 valence electrons. The van der Waals surface area contributed by atoms with Crippen LogP contribution in [-0.2, 0) is 11.3 Å². The molecular formula is C17H19ClN2O. The summed E-state index contributed by atoms with van der Waals surface area (Å²) in [6, 6.07) is 17.6. The number of rotatable bonds is 6. The van der Waals surface area contributed by atoms with Crippen molar-refractivity contribution in [1.82, 2.24) is 10.6 Å². The Kier molecular flexibility index (Phi) is 5.78. The highest BCUT2D eigenvalue weighted by molar-refractivity contribution is 6.30. The van der Waals surface area contributed by atoms with E-state index in [-0.39, 0.29) is 18.5 Å². The van der Waals surface area contributed by atoms with Gasteiger partial charge in [-0.1, -0.05) is 54.1 Å². The molecule has 0 bridgehead atoms. The lowest BCUT2D eigenvalue weighted by atomic mass is 10.1. The lowest BCUT2D eigenvalue weighted by Crippen LogP contribution is -2.34. The van der Waals surface area contributed by atoms with Crippen LogP contribution in [0.1, 0.15) is 24.1 Å². The predicted molar refractivity (Wildman–Crippen MR) is 86.2 cm³/mol. The summed E-state index contributed by atoms with van der Waals surface area (Å²) < 4.78 is 0. The van der Waals surface area contributed by atoms with Gasteiger partial charge in [0.15, 0.2) is 0 Å². The lowest BCUT2D eigenvalue weighted by molar-refractivity contribution is -0.120. The molecule has 0 saturated carbocycles. The molecular weight excluding hydrogens is 284 g/mol. The van der Waals surface area contributed by atoms with Crippen LogP contribution >= 0.6 is 11.6 Å². The molecule has 0 aliphatic heterocycles. The molecule has 0 saturated heterocycles. The topological polar surface area (TPSA) is 41.1 Å². The molecule has 0 spiro atoms. The van der Waals surface area contributed by atoms with E-state index in [1.54, 1.807) is 0 Å². The first kappa shape index (κ1) is 15.5. The van der Waals surface area contributed by atoms with Crippen LogP contribution in [0.25, 0.3) is 0 Å². The summed E-state index contributed by atoms with van der Waals surface area (Å²) >= 11 is 5.96. The molecule has 4 heteroatoms. The number of benzene rings is 2. The first-order chi connectivity index (χ1) is 10.1. The minimum Gasteiger partial charge on any atom is -0.351 e. The van der Waals surface area contributed by atoms with Crippen molar-refractivity contribution < 1.29 is 4.79 Å². The molecule has 0 fully saturated rings. The molecule has 0 aliphatic rings. The minimum atomic E-state index is -0.0206. The number of carbonyl (C=O) groups excluding carboxylic acids is 1. The van der Waals surface area contributed by atoms with Crippen molar-refractivity contribution in [1.29, 1.82) is 0 Å². The van der Waals surface area contributed by atoms with Crippen molar-refractivity contribution in [2.75, 3.05) is 6.54 Å². The number of nitrogens with one attached hydrogen (secondary N) is 2. The first-order valence-corrected chi connectivity index (χ1v) is 7.32. The highest BCUT2D eigenvalue weighted by Crippen LogP contribution is 2.16. The third-order valence-corrected chi connectivity index (χ3v) is 3.49. The highest BCUT2D eigenvalue weighted by atomic mass is 35.5. The van der Waals surface area contributed by atoms with Gasteiger partial charge >= 0.3 is 0 Å². The van der Waals surface area contributed by atoms with E-state index in [0.29, 0.717) is 11.6 Å². The Morgan fingerprint density at radius 1 is 1.14 bits per heavy atom. The van der Waals surface area contributed by atoms with Crippen molar-refractivity contribution in [2.24, 2.45) is 0 Å². The first-order valence-electron chi connectivity index (χ1n) is 6.94. The van der Waals surface area contributed by atoms with Gasteiger partial charge in [-0.25, -0.2) is 0 Å². The lowest BCUT2D eigenvalue weighted by Gasteiger charge is -2.14. The van der Waals surface area contributed by atoms with Gasteiger partial charge in [-0.15, -0.1) is 0 Å². The summed E-state index contributed by atoms with van der Waals surface area (Å²) in [6.07, 6.45) is 0. The fraction of sp³-hybridized carbons (Fsp3) is 0.235. The second-order valence-corrected chi connectivity index (χ2v) is 5.36. The van der Waals surface area contributed by atoms with Crippen molar-refractivity contribution in [3.8, 4) is 0 Å². The summed E-state index contributed by atoms with van der Waals surface area (Å²) in [5.41, 5.74) is 2.16. The van der Waals surface area contributed by atoms with Gasteiger partial charge in [-0.05, 0) is 30.2 Å². The Morgan fingerprint density at radius 3 is 2.62 bits per heavy atom. The number of hydrogen-bond acceptors (Lipinski definition) is 2. The van der Waals surface area contributed by atoms with Crippen LogP contribution in [-0.4, -0.2) is 12.5 Å². The number of amides is 1. The molecule has 2 rings (SSSR count). The van der Waals surface area contributed by atoms with Crippen molar-refractivity contribution in [3.63, 3.8) is 0 Å². The third kappa shape index (κ3) is 5.21. The Hall–Kier alpha value is -1.84. The normalized spacial score (nSPS) is 11.9. The summed E-state index contributed by atoms with van der Waals surface area (Å²) in [6.45, 7) is 2.84. The van der Waals surface area contributed by atoms with E-state index >= 15 is 0 Å². The van der Waals surface area contributed by atoms with Gasteiger partial charge in [0.25, 0.3) is 0 Å². The molecule has 2 N–H and O–H groups in total. The average Bonchev–Trinajstić information content (AvgIpc) is 2.51. The standard InChI is InChI=1S/C17H19ClN2O/c1-13(15-8-5-9-16(18)10-15)19-12-17(21)20-11-14-6-3-2-4-7-14/h2-10,13,19H,11-12H2,1H3,(H,20,21)/t13-/m0/s1. The van der Waals surface area contributed by atoms with Gasteiger partial charge in [0.05, 0.1) is 6.54 Å². The summed E-state index contributed by atoms with van der Waals surface area (Å²) in [5.74, 6) is -0.0206. The van der Waals surface area contributed by atoms with Gasteiger partial charge in [0.2, 0.25) is 5.91 Å². The monoisotopic (exact) mass is 302 g/mol. The quantitative estimate of drug-likeness (QED) is 0.859. The van der Waals surface area contributed by atoms with E-state index in [4.69, 9.17) is 11.6 Å². The number of halogens is 1.